The highest BCUT2D eigenvalue weighted by Gasteiger charge is 2.22. The van der Waals surface area contributed by atoms with Gasteiger partial charge in [-0.2, -0.15) is 0 Å². The van der Waals surface area contributed by atoms with Gasteiger partial charge in [0.1, 0.15) is 0 Å². The van der Waals surface area contributed by atoms with Crippen LogP contribution in [0.5, 0.6) is 0 Å². The maximum absolute atomic E-state index is 12.3. The summed E-state index contributed by atoms with van der Waals surface area (Å²) in [4.78, 5) is 23.1. The summed E-state index contributed by atoms with van der Waals surface area (Å²) in [7, 11) is 0. The number of amides is 1. The number of nitrogens with one attached hydrogen (secondary N) is 1. The zero-order valence-electron chi connectivity index (χ0n) is 14.3. The molecule has 1 aliphatic rings. The number of benzene rings is 1. The average Bonchev–Trinajstić information content (AvgIpc) is 2.59. The largest absolute Gasteiger partial charge is 0.353 e. The second-order valence-corrected chi connectivity index (χ2v) is 6.48. The van der Waals surface area contributed by atoms with E-state index in [1.54, 1.807) is 12.4 Å². The van der Waals surface area contributed by atoms with Crippen molar-refractivity contribution in [3.8, 4) is 0 Å². The van der Waals surface area contributed by atoms with Crippen molar-refractivity contribution in [3.05, 3.63) is 53.3 Å². The summed E-state index contributed by atoms with van der Waals surface area (Å²) < 4.78 is 0. The molecule has 1 aromatic carbocycles. The molecule has 0 unspecified atom stereocenters. The topological polar surface area (TPSA) is 58.1 Å². The Kier molecular flexibility index (Phi) is 5.08. The number of hydrogen-bond acceptors (Lipinski definition) is 4. The van der Waals surface area contributed by atoms with Crippen LogP contribution in [0, 0.1) is 13.8 Å². The maximum atomic E-state index is 12.3. The number of carbonyl (C=O) groups excluding carboxylic acids is 1. The van der Waals surface area contributed by atoms with E-state index in [4.69, 9.17) is 0 Å². The van der Waals surface area contributed by atoms with Crippen LogP contribution < -0.4 is 10.2 Å². The maximum Gasteiger partial charge on any atom is 0.225 e. The third kappa shape index (κ3) is 4.10. The molecule has 0 atom stereocenters. The van der Waals surface area contributed by atoms with Crippen LogP contribution >= 0.6 is 0 Å². The molecule has 1 fully saturated rings. The number of piperidine rings is 1. The van der Waals surface area contributed by atoms with E-state index in [1.807, 2.05) is 6.07 Å². The predicted octanol–water partition coefficient (Wildman–Crippen LogP) is 2.42. The Bertz CT molecular complexity index is 694. The molecule has 5 heteroatoms. The van der Waals surface area contributed by atoms with E-state index in [1.165, 1.54) is 11.1 Å². The van der Waals surface area contributed by atoms with Gasteiger partial charge in [-0.3, -0.25) is 4.79 Å². The Labute approximate surface area is 143 Å². The first-order valence-electron chi connectivity index (χ1n) is 8.49. The lowest BCUT2D eigenvalue weighted by molar-refractivity contribution is -0.121. The first-order valence-corrected chi connectivity index (χ1v) is 8.49. The fraction of sp³-hybridized carbons (Fsp3) is 0.421. The molecule has 2 heterocycles. The Morgan fingerprint density at radius 1 is 1.21 bits per heavy atom. The van der Waals surface area contributed by atoms with Gasteiger partial charge in [0.25, 0.3) is 0 Å². The molecule has 1 aliphatic heterocycles. The van der Waals surface area contributed by atoms with Crippen molar-refractivity contribution < 1.29 is 4.79 Å². The minimum atomic E-state index is 0.109. The number of carbonyl (C=O) groups is 1. The van der Waals surface area contributed by atoms with Crippen molar-refractivity contribution in [2.45, 2.75) is 39.2 Å². The molecule has 1 amide bonds. The highest BCUT2D eigenvalue weighted by atomic mass is 16.1. The monoisotopic (exact) mass is 324 g/mol. The second kappa shape index (κ2) is 7.43. The quantitative estimate of drug-likeness (QED) is 0.938. The lowest BCUT2D eigenvalue weighted by Gasteiger charge is -2.32. The fourth-order valence-corrected chi connectivity index (χ4v) is 3.12. The van der Waals surface area contributed by atoms with Gasteiger partial charge < -0.3 is 10.2 Å². The van der Waals surface area contributed by atoms with Gasteiger partial charge in [0.05, 0.1) is 6.42 Å². The lowest BCUT2D eigenvalue weighted by atomic mass is 10.0. The van der Waals surface area contributed by atoms with Crippen LogP contribution in [0.3, 0.4) is 0 Å². The Morgan fingerprint density at radius 3 is 2.62 bits per heavy atom. The molecule has 1 N–H and O–H groups in total. The number of rotatable bonds is 4. The molecule has 0 saturated carbocycles. The van der Waals surface area contributed by atoms with Crippen LogP contribution in [0.2, 0.25) is 0 Å². The molecule has 0 aliphatic carbocycles. The normalized spacial score (nSPS) is 15.3. The van der Waals surface area contributed by atoms with E-state index < -0.39 is 0 Å². The number of hydrogen-bond donors (Lipinski definition) is 1. The van der Waals surface area contributed by atoms with E-state index in [-0.39, 0.29) is 11.9 Å². The lowest BCUT2D eigenvalue weighted by Crippen LogP contribution is -2.45. The number of aromatic nitrogens is 2. The predicted molar refractivity (Wildman–Crippen MR) is 95.0 cm³/mol. The summed E-state index contributed by atoms with van der Waals surface area (Å²) in [5, 5.41) is 3.18. The van der Waals surface area contributed by atoms with Crippen molar-refractivity contribution in [3.63, 3.8) is 0 Å². The summed E-state index contributed by atoms with van der Waals surface area (Å²) in [5.41, 5.74) is 3.48. The third-order valence-electron chi connectivity index (χ3n) is 4.55. The highest BCUT2D eigenvalue weighted by Crippen LogP contribution is 2.16. The molecule has 0 radical (unpaired) electrons. The highest BCUT2D eigenvalue weighted by molar-refractivity contribution is 5.79. The van der Waals surface area contributed by atoms with Crippen LogP contribution in [-0.2, 0) is 11.2 Å². The molecule has 126 valence electrons. The number of anilines is 1. The van der Waals surface area contributed by atoms with Crippen LogP contribution in [0.1, 0.15) is 29.5 Å². The van der Waals surface area contributed by atoms with Crippen molar-refractivity contribution in [2.24, 2.45) is 0 Å². The zero-order valence-corrected chi connectivity index (χ0v) is 14.3. The van der Waals surface area contributed by atoms with E-state index in [0.29, 0.717) is 6.42 Å². The standard InChI is InChI=1S/C19H24N4O/c1-14-4-5-15(2)16(12-14)13-18(24)22-17-6-10-23(11-7-17)19-20-8-3-9-21-19/h3-5,8-9,12,17H,6-7,10-11,13H2,1-2H3,(H,22,24). The Morgan fingerprint density at radius 2 is 1.92 bits per heavy atom. The van der Waals surface area contributed by atoms with Gasteiger partial charge >= 0.3 is 0 Å². The molecule has 2 aromatic rings. The summed E-state index contributed by atoms with van der Waals surface area (Å²) in [6, 6.07) is 8.32. The molecule has 1 aromatic heterocycles. The number of nitrogens with zero attached hydrogens (tertiary/aromatic N) is 3. The van der Waals surface area contributed by atoms with Gasteiger partial charge in [-0.15, -0.1) is 0 Å². The molecule has 1 saturated heterocycles. The minimum absolute atomic E-state index is 0.109. The molecular formula is C19H24N4O. The summed E-state index contributed by atoms with van der Waals surface area (Å²) in [6.45, 7) is 5.86. The number of aryl methyl sites for hydroxylation is 2. The summed E-state index contributed by atoms with van der Waals surface area (Å²) >= 11 is 0. The van der Waals surface area contributed by atoms with Crippen LogP contribution in [-0.4, -0.2) is 35.0 Å². The van der Waals surface area contributed by atoms with E-state index >= 15 is 0 Å². The van der Waals surface area contributed by atoms with Crippen LogP contribution in [0.4, 0.5) is 5.95 Å². The van der Waals surface area contributed by atoms with Crippen LogP contribution in [0.25, 0.3) is 0 Å². The molecule has 0 bridgehead atoms. The van der Waals surface area contributed by atoms with Gasteiger partial charge in [-0.05, 0) is 43.9 Å². The molecule has 24 heavy (non-hydrogen) atoms. The van der Waals surface area contributed by atoms with Gasteiger partial charge in [-0.25, -0.2) is 9.97 Å². The van der Waals surface area contributed by atoms with Gasteiger partial charge in [-0.1, -0.05) is 23.8 Å². The summed E-state index contributed by atoms with van der Waals surface area (Å²) in [5.74, 6) is 0.885. The Balaban J connectivity index is 1.51. The molecule has 3 rings (SSSR count). The van der Waals surface area contributed by atoms with Gasteiger partial charge in [0.15, 0.2) is 0 Å². The minimum Gasteiger partial charge on any atom is -0.353 e. The van der Waals surface area contributed by atoms with Gasteiger partial charge in [0, 0.05) is 31.5 Å². The fourth-order valence-electron chi connectivity index (χ4n) is 3.12. The smallest absolute Gasteiger partial charge is 0.225 e. The van der Waals surface area contributed by atoms with Gasteiger partial charge in [0.2, 0.25) is 11.9 Å². The summed E-state index contributed by atoms with van der Waals surface area (Å²) in [6.07, 6.45) is 5.84. The average molecular weight is 324 g/mol. The molecular weight excluding hydrogens is 300 g/mol. The van der Waals surface area contributed by atoms with Crippen molar-refractivity contribution >= 4 is 11.9 Å². The van der Waals surface area contributed by atoms with E-state index in [2.05, 4.69) is 52.2 Å². The zero-order chi connectivity index (χ0) is 16.9. The molecule has 5 nitrogen and oxygen atoms in total. The van der Waals surface area contributed by atoms with Crippen molar-refractivity contribution in [1.82, 2.24) is 15.3 Å². The molecule has 0 spiro atoms. The first kappa shape index (κ1) is 16.4. The second-order valence-electron chi connectivity index (χ2n) is 6.48. The first-order chi connectivity index (χ1) is 11.6. The Hall–Kier alpha value is -2.43. The van der Waals surface area contributed by atoms with Crippen molar-refractivity contribution in [1.29, 1.82) is 0 Å². The SMILES string of the molecule is Cc1ccc(C)c(CC(=O)NC2CCN(c3ncccn3)CC2)c1. The van der Waals surface area contributed by atoms with E-state index in [0.717, 1.165) is 37.4 Å². The van der Waals surface area contributed by atoms with Crippen molar-refractivity contribution in [2.75, 3.05) is 18.0 Å². The van der Waals surface area contributed by atoms with Crippen LogP contribution in [0.15, 0.2) is 36.7 Å². The third-order valence-corrected chi connectivity index (χ3v) is 4.55. The van der Waals surface area contributed by atoms with E-state index in [9.17, 15) is 4.79 Å².